The van der Waals surface area contributed by atoms with Crippen molar-refractivity contribution in [3.05, 3.63) is 0 Å². The summed E-state index contributed by atoms with van der Waals surface area (Å²) in [6.45, 7) is 3.53. The number of ether oxygens (including phenoxy) is 6. The highest BCUT2D eigenvalue weighted by Gasteiger charge is 2.43. The van der Waals surface area contributed by atoms with Gasteiger partial charge >= 0.3 is 0 Å². The largest absolute Gasteiger partial charge is 0.394 e. The third-order valence-corrected chi connectivity index (χ3v) is 3.74. The summed E-state index contributed by atoms with van der Waals surface area (Å²) in [7, 11) is 0. The first-order valence-corrected chi connectivity index (χ1v) is 9.05. The molecule has 1 aliphatic heterocycles. The lowest BCUT2D eigenvalue weighted by molar-refractivity contribution is -0.302. The van der Waals surface area contributed by atoms with Gasteiger partial charge in [-0.3, -0.25) is 0 Å². The number of aliphatic hydroxyl groups excluding tert-OH is 4. The van der Waals surface area contributed by atoms with E-state index >= 15 is 0 Å². The monoisotopic (exact) mass is 399 g/mol. The Labute approximate surface area is 158 Å². The van der Waals surface area contributed by atoms with Gasteiger partial charge in [-0.1, -0.05) is 0 Å². The van der Waals surface area contributed by atoms with E-state index in [0.29, 0.717) is 52.8 Å². The minimum atomic E-state index is -1.45. The molecule has 1 rings (SSSR count). The lowest BCUT2D eigenvalue weighted by Gasteiger charge is -2.39. The summed E-state index contributed by atoms with van der Waals surface area (Å²) in [6, 6.07) is 0. The highest BCUT2D eigenvalue weighted by Crippen LogP contribution is 2.21. The fourth-order valence-corrected chi connectivity index (χ4v) is 2.27. The number of nitrogens with two attached hydrogens (primary N) is 1. The van der Waals surface area contributed by atoms with Crippen molar-refractivity contribution in [2.45, 2.75) is 30.7 Å². The van der Waals surface area contributed by atoms with Crippen LogP contribution in [0.2, 0.25) is 0 Å². The van der Waals surface area contributed by atoms with Crippen molar-refractivity contribution in [2.75, 3.05) is 72.6 Å². The summed E-state index contributed by atoms with van der Waals surface area (Å²) < 4.78 is 31.6. The predicted molar refractivity (Wildman–Crippen MR) is 92.0 cm³/mol. The van der Waals surface area contributed by atoms with Crippen LogP contribution in [0.15, 0.2) is 0 Å². The molecule has 5 atom stereocenters. The van der Waals surface area contributed by atoms with Gasteiger partial charge in [0.25, 0.3) is 0 Å². The number of hydrogen-bond acceptors (Lipinski definition) is 11. The Kier molecular flexibility index (Phi) is 14.1. The third-order valence-electron chi connectivity index (χ3n) is 3.74. The summed E-state index contributed by atoms with van der Waals surface area (Å²) in [5.74, 6) is 0. The van der Waals surface area contributed by atoms with Crippen LogP contribution in [0.25, 0.3) is 0 Å². The van der Waals surface area contributed by atoms with Crippen LogP contribution in [0.4, 0.5) is 0 Å². The second-order valence-electron chi connectivity index (χ2n) is 5.81. The lowest BCUT2D eigenvalue weighted by atomic mass is 9.99. The normalized spacial score (nSPS) is 28.6. The molecule has 1 unspecified atom stereocenters. The molecule has 0 bridgehead atoms. The minimum absolute atomic E-state index is 0.106. The van der Waals surface area contributed by atoms with E-state index in [-0.39, 0.29) is 13.2 Å². The maximum Gasteiger partial charge on any atom is 0.186 e. The molecule has 0 aromatic heterocycles. The number of hydrogen-bond donors (Lipinski definition) is 5. The van der Waals surface area contributed by atoms with Crippen molar-refractivity contribution < 1.29 is 48.8 Å². The first-order chi connectivity index (χ1) is 13.1. The zero-order valence-corrected chi connectivity index (χ0v) is 15.5. The SMILES string of the molecule is NCCOCCOCCOCCOCCOC1O[C@H](CO)[C@@H](O)[C@H](O)[C@@H]1O. The van der Waals surface area contributed by atoms with E-state index in [0.717, 1.165) is 0 Å². The van der Waals surface area contributed by atoms with Crippen LogP contribution in [0, 0.1) is 0 Å². The summed E-state index contributed by atoms with van der Waals surface area (Å²) in [5.41, 5.74) is 5.28. The van der Waals surface area contributed by atoms with Crippen LogP contribution >= 0.6 is 0 Å². The second-order valence-corrected chi connectivity index (χ2v) is 5.81. The fraction of sp³-hybridized carbons (Fsp3) is 1.00. The van der Waals surface area contributed by atoms with Crippen LogP contribution in [-0.4, -0.2) is 124 Å². The molecule has 0 aromatic rings. The zero-order chi connectivity index (χ0) is 19.9. The topological polar surface area (TPSA) is 162 Å². The molecule has 11 heteroatoms. The van der Waals surface area contributed by atoms with Gasteiger partial charge in [-0.05, 0) is 0 Å². The molecule has 162 valence electrons. The van der Waals surface area contributed by atoms with Gasteiger partial charge in [-0.25, -0.2) is 0 Å². The van der Waals surface area contributed by atoms with Crippen LogP contribution in [0.5, 0.6) is 0 Å². The van der Waals surface area contributed by atoms with Crippen LogP contribution in [-0.2, 0) is 28.4 Å². The Hall–Kier alpha value is -0.440. The van der Waals surface area contributed by atoms with E-state index in [2.05, 4.69) is 0 Å². The Bertz CT molecular complexity index is 349. The lowest BCUT2D eigenvalue weighted by Crippen LogP contribution is -2.59. The van der Waals surface area contributed by atoms with Gasteiger partial charge < -0.3 is 54.6 Å². The fourth-order valence-electron chi connectivity index (χ4n) is 2.27. The Morgan fingerprint density at radius 3 is 1.63 bits per heavy atom. The summed E-state index contributed by atoms with van der Waals surface area (Å²) in [5, 5.41) is 38.2. The summed E-state index contributed by atoms with van der Waals surface area (Å²) in [6.07, 6.45) is -6.40. The van der Waals surface area contributed by atoms with E-state index in [9.17, 15) is 15.3 Å². The van der Waals surface area contributed by atoms with Crippen LogP contribution < -0.4 is 5.73 Å². The highest BCUT2D eigenvalue weighted by atomic mass is 16.7. The summed E-state index contributed by atoms with van der Waals surface area (Å²) >= 11 is 0. The molecule has 1 heterocycles. The van der Waals surface area contributed by atoms with Crippen LogP contribution in [0.3, 0.4) is 0 Å². The first kappa shape index (κ1) is 24.6. The van der Waals surface area contributed by atoms with Crippen molar-refractivity contribution in [3.63, 3.8) is 0 Å². The van der Waals surface area contributed by atoms with Gasteiger partial charge in [0.1, 0.15) is 24.4 Å². The second kappa shape index (κ2) is 15.5. The van der Waals surface area contributed by atoms with Crippen molar-refractivity contribution >= 4 is 0 Å². The van der Waals surface area contributed by atoms with Gasteiger partial charge in [0.05, 0.1) is 66.1 Å². The summed E-state index contributed by atoms with van der Waals surface area (Å²) in [4.78, 5) is 0. The molecule has 1 saturated heterocycles. The standard InChI is InChI=1S/C16H33NO10/c17-1-2-22-3-4-23-5-6-24-7-8-25-9-10-26-16-15(21)14(20)13(19)12(11-18)27-16/h12-16,18-21H,1-11,17H2/t12-,13-,14+,15+,16?/m1/s1. The smallest absolute Gasteiger partial charge is 0.186 e. The molecule has 0 aliphatic carbocycles. The number of rotatable bonds is 16. The molecule has 0 amide bonds. The molecule has 27 heavy (non-hydrogen) atoms. The maximum atomic E-state index is 9.80. The van der Waals surface area contributed by atoms with E-state index in [1.807, 2.05) is 0 Å². The molecular formula is C16H33NO10. The first-order valence-electron chi connectivity index (χ1n) is 9.05. The van der Waals surface area contributed by atoms with Gasteiger partial charge in [-0.15, -0.1) is 0 Å². The van der Waals surface area contributed by atoms with Gasteiger partial charge in [0.15, 0.2) is 6.29 Å². The van der Waals surface area contributed by atoms with Crippen molar-refractivity contribution in [1.82, 2.24) is 0 Å². The molecule has 0 aromatic carbocycles. The van der Waals surface area contributed by atoms with E-state index < -0.39 is 37.3 Å². The predicted octanol–water partition coefficient (Wildman–Crippen LogP) is -3.17. The van der Waals surface area contributed by atoms with Crippen molar-refractivity contribution in [3.8, 4) is 0 Å². The molecular weight excluding hydrogens is 366 g/mol. The van der Waals surface area contributed by atoms with Crippen LogP contribution in [0.1, 0.15) is 0 Å². The Morgan fingerprint density at radius 2 is 1.15 bits per heavy atom. The molecule has 11 nitrogen and oxygen atoms in total. The molecule has 1 aliphatic rings. The van der Waals surface area contributed by atoms with Crippen molar-refractivity contribution in [2.24, 2.45) is 5.73 Å². The molecule has 0 radical (unpaired) electrons. The third kappa shape index (κ3) is 10.1. The van der Waals surface area contributed by atoms with E-state index in [1.165, 1.54) is 0 Å². The molecule has 0 spiro atoms. The van der Waals surface area contributed by atoms with Gasteiger partial charge in [0.2, 0.25) is 0 Å². The quantitative estimate of drug-likeness (QED) is 0.166. The van der Waals surface area contributed by atoms with Gasteiger partial charge in [-0.2, -0.15) is 0 Å². The molecule has 1 fully saturated rings. The van der Waals surface area contributed by atoms with E-state index in [4.69, 9.17) is 39.3 Å². The van der Waals surface area contributed by atoms with Gasteiger partial charge in [0, 0.05) is 6.54 Å². The maximum absolute atomic E-state index is 9.80. The highest BCUT2D eigenvalue weighted by molar-refractivity contribution is 4.88. The van der Waals surface area contributed by atoms with Crippen molar-refractivity contribution in [1.29, 1.82) is 0 Å². The Morgan fingerprint density at radius 1 is 0.667 bits per heavy atom. The minimum Gasteiger partial charge on any atom is -0.394 e. The molecule has 0 saturated carbocycles. The van der Waals surface area contributed by atoms with E-state index in [1.54, 1.807) is 0 Å². The molecule has 6 N–H and O–H groups in total. The number of aliphatic hydroxyl groups is 4. The average Bonchev–Trinajstić information content (AvgIpc) is 2.68. The zero-order valence-electron chi connectivity index (χ0n) is 15.5. The average molecular weight is 399 g/mol. The Balaban J connectivity index is 1.92.